The van der Waals surface area contributed by atoms with Crippen LogP contribution in [-0.4, -0.2) is 4.98 Å². The Kier molecular flexibility index (Phi) is 6.89. The first kappa shape index (κ1) is 27.7. The summed E-state index contributed by atoms with van der Waals surface area (Å²) < 4.78 is 3.73. The molecule has 0 aliphatic rings. The molecule has 9 aromatic rings. The minimum absolute atomic E-state index is 1.02. The molecule has 0 radical (unpaired) electrons. The van der Waals surface area contributed by atoms with Crippen molar-refractivity contribution in [1.82, 2.24) is 4.98 Å². The summed E-state index contributed by atoms with van der Waals surface area (Å²) in [6.07, 6.45) is 0. The molecular formula is C43H28N2S2. The normalized spacial score (nSPS) is 11.4. The summed E-state index contributed by atoms with van der Waals surface area (Å²) in [6.45, 7) is 0. The lowest BCUT2D eigenvalue weighted by Crippen LogP contribution is -2.11. The number of fused-ring (bicyclic) bond motifs is 4. The van der Waals surface area contributed by atoms with Crippen LogP contribution < -0.4 is 4.90 Å². The molecule has 2 nitrogen and oxygen atoms in total. The van der Waals surface area contributed by atoms with Gasteiger partial charge in [0.05, 0.1) is 10.4 Å². The van der Waals surface area contributed by atoms with Crippen molar-refractivity contribution in [2.24, 2.45) is 0 Å². The fourth-order valence-electron chi connectivity index (χ4n) is 6.44. The van der Waals surface area contributed by atoms with Crippen LogP contribution >= 0.6 is 22.7 Å². The monoisotopic (exact) mass is 636 g/mol. The molecule has 0 saturated carbocycles. The lowest BCUT2D eigenvalue weighted by Gasteiger charge is -2.27. The Bertz CT molecular complexity index is 2400. The number of anilines is 3. The van der Waals surface area contributed by atoms with Crippen molar-refractivity contribution in [2.75, 3.05) is 4.90 Å². The van der Waals surface area contributed by atoms with Gasteiger partial charge in [-0.3, -0.25) is 0 Å². The number of benzene rings is 7. The maximum atomic E-state index is 5.40. The van der Waals surface area contributed by atoms with Gasteiger partial charge in [0.25, 0.3) is 0 Å². The molecule has 4 heteroatoms. The summed E-state index contributed by atoms with van der Waals surface area (Å²) in [5.41, 5.74) is 10.3. The van der Waals surface area contributed by atoms with Gasteiger partial charge in [0, 0.05) is 37.1 Å². The van der Waals surface area contributed by atoms with Crippen molar-refractivity contribution < 1.29 is 0 Å². The molecule has 0 spiro atoms. The van der Waals surface area contributed by atoms with E-state index in [0.717, 1.165) is 33.1 Å². The average Bonchev–Trinajstić information content (AvgIpc) is 3.75. The van der Waals surface area contributed by atoms with Crippen LogP contribution in [0, 0.1) is 0 Å². The molecule has 0 saturated heterocycles. The van der Waals surface area contributed by atoms with Crippen molar-refractivity contribution in [3.8, 4) is 32.8 Å². The number of rotatable bonds is 6. The van der Waals surface area contributed by atoms with Crippen molar-refractivity contribution >= 4 is 70.1 Å². The molecular weight excluding hydrogens is 609 g/mol. The lowest BCUT2D eigenvalue weighted by atomic mass is 10.0. The van der Waals surface area contributed by atoms with E-state index in [0.29, 0.717) is 0 Å². The zero-order valence-corrected chi connectivity index (χ0v) is 27.0. The molecule has 7 aromatic carbocycles. The van der Waals surface area contributed by atoms with Gasteiger partial charge in [0.2, 0.25) is 0 Å². The first-order valence-corrected chi connectivity index (χ1v) is 17.3. The SMILES string of the molecule is c1ccc(-c2ccc(N(c3ccc(-c4ccccc4)cc3)c3c4nc(-c5ccccc5)sc4cc4sc5ccccc5c34)cc2)cc1. The Morgan fingerprint density at radius 2 is 0.894 bits per heavy atom. The van der Waals surface area contributed by atoms with Crippen molar-refractivity contribution in [3.05, 3.63) is 170 Å². The molecule has 0 aliphatic carbocycles. The first-order chi connectivity index (χ1) is 23.3. The predicted molar refractivity (Wildman–Crippen MR) is 203 cm³/mol. The fraction of sp³-hybridized carbons (Fsp3) is 0. The standard InChI is InChI=1S/C43H28N2S2/c1-4-12-29(13-5-1)31-20-24-34(25-21-31)45(35-26-22-32(23-27-35)30-14-6-2-7-15-30)42-40-36-18-10-11-19-37(36)46-38(40)28-39-41(42)44-43(47-39)33-16-8-3-9-17-33/h1-28H. The maximum absolute atomic E-state index is 5.40. The molecule has 0 amide bonds. The van der Waals surface area contributed by atoms with Gasteiger partial charge in [-0.2, -0.15) is 0 Å². The third kappa shape index (κ3) is 4.99. The number of thiazole rings is 1. The summed E-state index contributed by atoms with van der Waals surface area (Å²) in [5, 5.41) is 3.52. The largest absolute Gasteiger partial charge is 0.308 e. The minimum Gasteiger partial charge on any atom is -0.308 e. The Labute approximate surface area is 281 Å². The summed E-state index contributed by atoms with van der Waals surface area (Å²) in [5.74, 6) is 0. The molecule has 0 fully saturated rings. The quantitative estimate of drug-likeness (QED) is 0.181. The molecule has 2 aromatic heterocycles. The van der Waals surface area contributed by atoms with Crippen LogP contribution in [0.1, 0.15) is 0 Å². The van der Waals surface area contributed by atoms with Crippen LogP contribution in [0.4, 0.5) is 17.1 Å². The minimum atomic E-state index is 1.02. The van der Waals surface area contributed by atoms with E-state index in [2.05, 4.69) is 175 Å². The summed E-state index contributed by atoms with van der Waals surface area (Å²) in [4.78, 5) is 7.82. The van der Waals surface area contributed by atoms with Crippen LogP contribution in [0.15, 0.2) is 170 Å². The third-order valence-corrected chi connectivity index (χ3v) is 10.9. The van der Waals surface area contributed by atoms with E-state index in [1.807, 2.05) is 11.3 Å². The number of thiophene rings is 1. The van der Waals surface area contributed by atoms with Gasteiger partial charge < -0.3 is 4.90 Å². The summed E-state index contributed by atoms with van der Waals surface area (Å²) in [7, 11) is 0. The molecule has 47 heavy (non-hydrogen) atoms. The highest BCUT2D eigenvalue weighted by atomic mass is 32.1. The van der Waals surface area contributed by atoms with Gasteiger partial charge in [-0.1, -0.05) is 133 Å². The second-order valence-corrected chi connectivity index (χ2v) is 13.7. The smallest absolute Gasteiger partial charge is 0.124 e. The van der Waals surface area contributed by atoms with Gasteiger partial charge in [0.1, 0.15) is 10.5 Å². The molecule has 0 bridgehead atoms. The van der Waals surface area contributed by atoms with E-state index in [-0.39, 0.29) is 0 Å². The van der Waals surface area contributed by atoms with E-state index in [1.54, 1.807) is 11.3 Å². The zero-order chi connectivity index (χ0) is 31.2. The van der Waals surface area contributed by atoms with Crippen LogP contribution in [0.3, 0.4) is 0 Å². The van der Waals surface area contributed by atoms with E-state index in [1.165, 1.54) is 47.1 Å². The van der Waals surface area contributed by atoms with Gasteiger partial charge in [0.15, 0.2) is 0 Å². The van der Waals surface area contributed by atoms with Crippen molar-refractivity contribution in [3.63, 3.8) is 0 Å². The van der Waals surface area contributed by atoms with Crippen molar-refractivity contribution in [2.45, 2.75) is 0 Å². The second-order valence-electron chi connectivity index (χ2n) is 11.6. The van der Waals surface area contributed by atoms with E-state index in [4.69, 9.17) is 4.98 Å². The van der Waals surface area contributed by atoms with Gasteiger partial charge in [-0.15, -0.1) is 22.7 Å². The zero-order valence-electron chi connectivity index (χ0n) is 25.4. The van der Waals surface area contributed by atoms with Crippen molar-refractivity contribution in [1.29, 1.82) is 0 Å². The Morgan fingerprint density at radius 3 is 1.47 bits per heavy atom. The number of aromatic nitrogens is 1. The second kappa shape index (κ2) is 11.7. The predicted octanol–water partition coefficient (Wildman–Crippen LogP) is 13.1. The Hall–Kier alpha value is -5.55. The van der Waals surface area contributed by atoms with Gasteiger partial charge >= 0.3 is 0 Å². The van der Waals surface area contributed by atoms with Crippen LogP contribution in [0.25, 0.3) is 63.2 Å². The maximum Gasteiger partial charge on any atom is 0.124 e. The lowest BCUT2D eigenvalue weighted by molar-refractivity contribution is 1.30. The number of nitrogens with zero attached hydrogens (tertiary/aromatic N) is 2. The van der Waals surface area contributed by atoms with Gasteiger partial charge in [-0.05, 0) is 58.7 Å². The molecule has 0 unspecified atom stereocenters. The molecule has 9 rings (SSSR count). The van der Waals surface area contributed by atoms with Crippen LogP contribution in [0.2, 0.25) is 0 Å². The van der Waals surface area contributed by atoms with Gasteiger partial charge in [-0.25, -0.2) is 4.98 Å². The highest BCUT2D eigenvalue weighted by Crippen LogP contribution is 2.50. The molecule has 0 atom stereocenters. The topological polar surface area (TPSA) is 16.1 Å². The molecule has 2 heterocycles. The van der Waals surface area contributed by atoms with E-state index in [9.17, 15) is 0 Å². The Morgan fingerprint density at radius 1 is 0.404 bits per heavy atom. The third-order valence-electron chi connectivity index (χ3n) is 8.71. The van der Waals surface area contributed by atoms with E-state index < -0.39 is 0 Å². The number of hydrogen-bond acceptors (Lipinski definition) is 4. The first-order valence-electron chi connectivity index (χ1n) is 15.7. The average molecular weight is 637 g/mol. The highest BCUT2D eigenvalue weighted by molar-refractivity contribution is 7.27. The summed E-state index contributed by atoms with van der Waals surface area (Å²) in [6, 6.07) is 60.7. The van der Waals surface area contributed by atoms with E-state index >= 15 is 0 Å². The van der Waals surface area contributed by atoms with Crippen LogP contribution in [-0.2, 0) is 0 Å². The number of hydrogen-bond donors (Lipinski definition) is 0. The molecule has 0 aliphatic heterocycles. The molecule has 0 N–H and O–H groups in total. The fourth-order valence-corrected chi connectivity index (χ4v) is 8.68. The molecule has 222 valence electrons. The van der Waals surface area contributed by atoms with Crippen LogP contribution in [0.5, 0.6) is 0 Å². The highest BCUT2D eigenvalue weighted by Gasteiger charge is 2.24. The summed E-state index contributed by atoms with van der Waals surface area (Å²) >= 11 is 3.62. The Balaban J connectivity index is 1.32.